The second-order valence-corrected chi connectivity index (χ2v) is 3.16. The smallest absolute Gasteiger partial charge is 0.213 e. The van der Waals surface area contributed by atoms with Gasteiger partial charge in [-0.05, 0) is 26.3 Å². The lowest BCUT2D eigenvalue weighted by Crippen LogP contribution is -1.91. The van der Waals surface area contributed by atoms with Crippen LogP contribution in [0.25, 0.3) is 0 Å². The second-order valence-electron chi connectivity index (χ2n) is 3.16. The fourth-order valence-electron chi connectivity index (χ4n) is 1.05. The molecule has 0 aliphatic carbocycles. The van der Waals surface area contributed by atoms with Crippen LogP contribution in [0.1, 0.15) is 26.0 Å². The molecule has 0 atom stereocenters. The minimum atomic E-state index is 0.635. The molecule has 0 saturated carbocycles. The van der Waals surface area contributed by atoms with Crippen molar-refractivity contribution in [2.45, 2.75) is 27.2 Å². The lowest BCUT2D eigenvalue weighted by atomic mass is 10.3. The van der Waals surface area contributed by atoms with Gasteiger partial charge in [-0.2, -0.15) is 0 Å². The Morgan fingerprint density at radius 3 is 2.71 bits per heavy atom. The third-order valence-corrected chi connectivity index (χ3v) is 2.06. The van der Waals surface area contributed by atoms with Gasteiger partial charge in [0.25, 0.3) is 0 Å². The Kier molecular flexibility index (Phi) is 3.63. The minimum Gasteiger partial charge on any atom is -0.481 e. The number of hydrogen-bond acceptors (Lipinski definition) is 3. The van der Waals surface area contributed by atoms with E-state index in [4.69, 9.17) is 4.74 Å². The van der Waals surface area contributed by atoms with Crippen molar-refractivity contribution < 1.29 is 4.74 Å². The van der Waals surface area contributed by atoms with E-state index in [2.05, 4.69) is 16.9 Å². The first kappa shape index (κ1) is 10.7. The summed E-state index contributed by atoms with van der Waals surface area (Å²) in [6, 6.07) is 3.76. The summed E-state index contributed by atoms with van der Waals surface area (Å²) in [6.07, 6.45) is 0.964. The van der Waals surface area contributed by atoms with Crippen LogP contribution in [0.4, 0.5) is 5.69 Å². The van der Waals surface area contributed by atoms with Crippen LogP contribution in [0.15, 0.2) is 17.1 Å². The van der Waals surface area contributed by atoms with E-state index in [1.807, 2.05) is 26.0 Å². The van der Waals surface area contributed by atoms with Crippen molar-refractivity contribution in [3.63, 3.8) is 0 Å². The molecule has 1 rings (SSSR count). The average Bonchev–Trinajstić information content (AvgIpc) is 2.20. The molecule has 0 unspecified atom stereocenters. The maximum absolute atomic E-state index is 5.02. The minimum absolute atomic E-state index is 0.635. The maximum atomic E-state index is 5.02. The van der Waals surface area contributed by atoms with Crippen LogP contribution in [0.3, 0.4) is 0 Å². The standard InChI is InChI=1S/C11H16N2O/c1-5-8(2)12-10-6-7-11(14-4)13-9(10)3/h6-7H,5H2,1-4H3. The molecule has 1 aromatic heterocycles. The van der Waals surface area contributed by atoms with Gasteiger partial charge in [-0.3, -0.25) is 4.99 Å². The topological polar surface area (TPSA) is 34.5 Å². The van der Waals surface area contributed by atoms with Gasteiger partial charge in [0.2, 0.25) is 5.88 Å². The summed E-state index contributed by atoms with van der Waals surface area (Å²) in [5.41, 5.74) is 2.93. The molecule has 0 aromatic carbocycles. The first-order valence-corrected chi connectivity index (χ1v) is 4.73. The van der Waals surface area contributed by atoms with Crippen LogP contribution in [0.2, 0.25) is 0 Å². The summed E-state index contributed by atoms with van der Waals surface area (Å²) in [7, 11) is 1.61. The summed E-state index contributed by atoms with van der Waals surface area (Å²) in [5.74, 6) is 0.635. The molecule has 0 radical (unpaired) electrons. The Hall–Kier alpha value is -1.38. The van der Waals surface area contributed by atoms with Gasteiger partial charge in [-0.25, -0.2) is 4.98 Å². The van der Waals surface area contributed by atoms with E-state index in [0.29, 0.717) is 5.88 Å². The molecule has 14 heavy (non-hydrogen) atoms. The Bertz CT molecular complexity index is 345. The van der Waals surface area contributed by atoms with Crippen molar-refractivity contribution in [2.24, 2.45) is 4.99 Å². The molecule has 0 N–H and O–H groups in total. The Morgan fingerprint density at radius 2 is 2.21 bits per heavy atom. The van der Waals surface area contributed by atoms with Crippen LogP contribution in [0.5, 0.6) is 5.88 Å². The monoisotopic (exact) mass is 192 g/mol. The van der Waals surface area contributed by atoms with Crippen LogP contribution in [0, 0.1) is 6.92 Å². The molecule has 1 aromatic rings. The quantitative estimate of drug-likeness (QED) is 0.690. The fraction of sp³-hybridized carbons (Fsp3) is 0.455. The SMILES string of the molecule is CCC(C)=Nc1ccc(OC)nc1C. The number of aliphatic imine (C=N–C) groups is 1. The van der Waals surface area contributed by atoms with E-state index < -0.39 is 0 Å². The van der Waals surface area contributed by atoms with Gasteiger partial charge in [0.1, 0.15) is 0 Å². The van der Waals surface area contributed by atoms with E-state index in [1.165, 1.54) is 0 Å². The van der Waals surface area contributed by atoms with Gasteiger partial charge in [-0.1, -0.05) is 6.92 Å². The zero-order valence-electron chi connectivity index (χ0n) is 9.16. The third-order valence-electron chi connectivity index (χ3n) is 2.06. The molecule has 3 nitrogen and oxygen atoms in total. The van der Waals surface area contributed by atoms with E-state index in [9.17, 15) is 0 Å². The molecule has 0 saturated heterocycles. The van der Waals surface area contributed by atoms with Gasteiger partial charge < -0.3 is 4.74 Å². The Morgan fingerprint density at radius 1 is 1.50 bits per heavy atom. The molecule has 1 heterocycles. The lowest BCUT2D eigenvalue weighted by molar-refractivity contribution is 0.397. The number of aromatic nitrogens is 1. The summed E-state index contributed by atoms with van der Waals surface area (Å²) in [5, 5.41) is 0. The van der Waals surface area contributed by atoms with E-state index >= 15 is 0 Å². The predicted octanol–water partition coefficient (Wildman–Crippen LogP) is 2.90. The molecule has 76 valence electrons. The largest absolute Gasteiger partial charge is 0.481 e. The molecule has 0 bridgehead atoms. The average molecular weight is 192 g/mol. The number of pyridine rings is 1. The zero-order chi connectivity index (χ0) is 10.6. The number of ether oxygens (including phenoxy) is 1. The Balaban J connectivity index is 3.00. The zero-order valence-corrected chi connectivity index (χ0v) is 9.16. The highest BCUT2D eigenvalue weighted by Gasteiger charge is 2.00. The summed E-state index contributed by atoms with van der Waals surface area (Å²) in [6.45, 7) is 6.04. The summed E-state index contributed by atoms with van der Waals surface area (Å²) >= 11 is 0. The van der Waals surface area contributed by atoms with Crippen molar-refractivity contribution in [1.29, 1.82) is 0 Å². The predicted molar refractivity (Wildman–Crippen MR) is 58.6 cm³/mol. The molecule has 0 fully saturated rings. The third kappa shape index (κ3) is 2.55. The summed E-state index contributed by atoms with van der Waals surface area (Å²) in [4.78, 5) is 8.70. The molecular weight excluding hydrogens is 176 g/mol. The number of nitrogens with zero attached hydrogens (tertiary/aromatic N) is 2. The highest BCUT2D eigenvalue weighted by molar-refractivity contribution is 5.84. The molecular formula is C11H16N2O. The van der Waals surface area contributed by atoms with Crippen LogP contribution in [-0.2, 0) is 0 Å². The molecule has 0 amide bonds. The maximum Gasteiger partial charge on any atom is 0.213 e. The van der Waals surface area contributed by atoms with E-state index in [1.54, 1.807) is 7.11 Å². The van der Waals surface area contributed by atoms with E-state index in [0.717, 1.165) is 23.5 Å². The van der Waals surface area contributed by atoms with Crippen LogP contribution >= 0.6 is 0 Å². The van der Waals surface area contributed by atoms with Gasteiger partial charge in [0, 0.05) is 11.8 Å². The molecule has 3 heteroatoms. The fourth-order valence-corrected chi connectivity index (χ4v) is 1.05. The lowest BCUT2D eigenvalue weighted by Gasteiger charge is -2.03. The van der Waals surface area contributed by atoms with E-state index in [-0.39, 0.29) is 0 Å². The van der Waals surface area contributed by atoms with Gasteiger partial charge >= 0.3 is 0 Å². The van der Waals surface area contributed by atoms with Crippen molar-refractivity contribution >= 4 is 11.4 Å². The highest BCUT2D eigenvalue weighted by atomic mass is 16.5. The Labute approximate surface area is 84.8 Å². The number of hydrogen-bond donors (Lipinski definition) is 0. The first-order valence-electron chi connectivity index (χ1n) is 4.73. The molecule has 0 aliphatic rings. The number of aryl methyl sites for hydroxylation is 1. The van der Waals surface area contributed by atoms with Crippen molar-refractivity contribution in [3.8, 4) is 5.88 Å². The highest BCUT2D eigenvalue weighted by Crippen LogP contribution is 2.20. The number of methoxy groups -OCH3 is 1. The van der Waals surface area contributed by atoms with Crippen molar-refractivity contribution in [2.75, 3.05) is 7.11 Å². The van der Waals surface area contributed by atoms with Gasteiger partial charge in [0.05, 0.1) is 18.5 Å². The van der Waals surface area contributed by atoms with Gasteiger partial charge in [-0.15, -0.1) is 0 Å². The normalized spacial score (nSPS) is 11.6. The van der Waals surface area contributed by atoms with Crippen LogP contribution in [-0.4, -0.2) is 17.8 Å². The van der Waals surface area contributed by atoms with Crippen molar-refractivity contribution in [1.82, 2.24) is 4.98 Å². The van der Waals surface area contributed by atoms with Crippen LogP contribution < -0.4 is 4.74 Å². The summed E-state index contributed by atoms with van der Waals surface area (Å²) < 4.78 is 5.02. The molecule has 0 aliphatic heterocycles. The van der Waals surface area contributed by atoms with Crippen molar-refractivity contribution in [3.05, 3.63) is 17.8 Å². The molecule has 0 spiro atoms. The van der Waals surface area contributed by atoms with Gasteiger partial charge in [0.15, 0.2) is 0 Å². The first-order chi connectivity index (χ1) is 6.67. The number of rotatable bonds is 3. The second kappa shape index (κ2) is 4.74.